The molecule has 0 amide bonds. The van der Waals surface area contributed by atoms with Crippen LogP contribution in [0, 0.1) is 27.7 Å². The van der Waals surface area contributed by atoms with Crippen LogP contribution in [-0.2, 0) is 28.5 Å². The average molecular weight is 431 g/mol. The summed E-state index contributed by atoms with van der Waals surface area (Å²) >= 11 is 2.10. The number of halogens is 1. The van der Waals surface area contributed by atoms with E-state index in [9.17, 15) is 0 Å². The molecule has 1 heterocycles. The Morgan fingerprint density at radius 1 is 0.643 bits per heavy atom. The van der Waals surface area contributed by atoms with Gasteiger partial charge in [-0.1, -0.05) is 77.8 Å². The van der Waals surface area contributed by atoms with Crippen molar-refractivity contribution < 1.29 is 15.4 Å². The molecule has 0 spiro atoms. The van der Waals surface area contributed by atoms with Gasteiger partial charge in [0.1, 0.15) is 0 Å². The zero-order valence-electron chi connectivity index (χ0n) is 16.7. The van der Waals surface area contributed by atoms with Gasteiger partial charge < -0.3 is 10.6 Å². The maximum atomic E-state index is 4.77. The van der Waals surface area contributed by atoms with E-state index in [1.54, 1.807) is 0 Å². The van der Waals surface area contributed by atoms with Gasteiger partial charge in [-0.3, -0.25) is 4.98 Å². The first kappa shape index (κ1) is 22.3. The monoisotopic (exact) mass is 430 g/mol. The summed E-state index contributed by atoms with van der Waals surface area (Å²) < 4.78 is 0. The number of nitrogens with zero attached hydrogens (tertiary/aromatic N) is 3. The van der Waals surface area contributed by atoms with Gasteiger partial charge in [-0.25, -0.2) is 0 Å². The topological polar surface area (TPSA) is 41.1 Å². The molecule has 0 unspecified atom stereocenters. The van der Waals surface area contributed by atoms with Crippen molar-refractivity contribution in [3.05, 3.63) is 98.9 Å². The van der Waals surface area contributed by atoms with Crippen molar-refractivity contribution in [2.24, 2.45) is 0 Å². The molecule has 3 aromatic rings. The molecular weight excluding hydrogens is 406 g/mol. The molecule has 3 nitrogen and oxygen atoms in total. The van der Waals surface area contributed by atoms with Crippen LogP contribution in [-0.4, -0.2) is 4.98 Å². The maximum absolute atomic E-state index is 4.77. The summed E-state index contributed by atoms with van der Waals surface area (Å²) in [5.74, 6) is 0. The number of para-hydroxylation sites is 2. The fourth-order valence-electron chi connectivity index (χ4n) is 3.14. The van der Waals surface area contributed by atoms with E-state index in [-0.39, 0.29) is 0 Å². The molecule has 28 heavy (non-hydrogen) atoms. The van der Waals surface area contributed by atoms with Crippen molar-refractivity contribution in [2.45, 2.75) is 40.8 Å². The van der Waals surface area contributed by atoms with E-state index in [1.807, 2.05) is 18.2 Å². The normalized spacial score (nSPS) is 10.0. The van der Waals surface area contributed by atoms with Crippen molar-refractivity contribution in [1.29, 1.82) is 0 Å². The molecule has 0 fully saturated rings. The first-order chi connectivity index (χ1) is 13.5. The van der Waals surface area contributed by atoms with Gasteiger partial charge in [0.2, 0.25) is 0 Å². The van der Waals surface area contributed by atoms with E-state index in [0.717, 1.165) is 22.8 Å². The van der Waals surface area contributed by atoms with E-state index in [2.05, 4.69) is 89.5 Å². The molecule has 145 valence electrons. The van der Waals surface area contributed by atoms with Crippen molar-refractivity contribution in [3.63, 3.8) is 0 Å². The molecule has 3 rings (SSSR count). The van der Waals surface area contributed by atoms with Crippen LogP contribution < -0.4 is 0 Å². The van der Waals surface area contributed by atoms with Crippen molar-refractivity contribution >= 4 is 21.4 Å². The third-order valence-corrected chi connectivity index (χ3v) is 4.54. The third kappa shape index (κ3) is 6.01. The second-order valence-electron chi connectivity index (χ2n) is 6.73. The molecule has 0 N–H and O–H groups in total. The van der Waals surface area contributed by atoms with Gasteiger partial charge in [0, 0.05) is 11.4 Å². The van der Waals surface area contributed by atoms with E-state index in [0.29, 0.717) is 13.1 Å². The fourth-order valence-corrected chi connectivity index (χ4v) is 3.14. The summed E-state index contributed by atoms with van der Waals surface area (Å²) in [7, 11) is 4.51. The number of aryl methyl sites for hydroxylation is 4. The summed E-state index contributed by atoms with van der Waals surface area (Å²) in [5, 5.41) is 9.54. The van der Waals surface area contributed by atoms with Gasteiger partial charge in [0.15, 0.2) is 0 Å². The van der Waals surface area contributed by atoms with Crippen LogP contribution in [0.4, 0.5) is 11.4 Å². The minimum absolute atomic E-state index is 0.586. The zero-order valence-corrected chi connectivity index (χ0v) is 18.8. The Kier molecular flexibility index (Phi) is 8.86. The fraction of sp³-hybridized carbons (Fsp3) is 0.261. The molecule has 0 saturated heterocycles. The first-order valence-corrected chi connectivity index (χ1v) is 10.9. The Hall–Kier alpha value is -1.99. The molecule has 0 aliphatic heterocycles. The number of hydrogen-bond donors (Lipinski definition) is 0. The number of rotatable bonds is 6. The van der Waals surface area contributed by atoms with E-state index < -0.39 is 0 Å². The van der Waals surface area contributed by atoms with Crippen LogP contribution >= 0.6 is 10.0 Å². The van der Waals surface area contributed by atoms with Gasteiger partial charge in [-0.2, -0.15) is 0 Å². The number of aromatic nitrogens is 1. The second-order valence-corrected chi connectivity index (χ2v) is 6.73. The molecule has 2 aromatic carbocycles. The zero-order chi connectivity index (χ0) is 20.5. The summed E-state index contributed by atoms with van der Waals surface area (Å²) in [4.78, 5) is 4.73. The van der Waals surface area contributed by atoms with Gasteiger partial charge in [0.05, 0.1) is 0 Å². The Morgan fingerprint density at radius 3 is 1.32 bits per heavy atom. The average Bonchev–Trinajstić information content (AvgIpc) is 2.69. The summed E-state index contributed by atoms with van der Waals surface area (Å²) in [6, 6.07) is 18.6. The minimum atomic E-state index is 0.586. The van der Waals surface area contributed by atoms with Crippen LogP contribution in [0.3, 0.4) is 0 Å². The molecule has 0 aliphatic carbocycles. The molecule has 0 atom stereocenters. The van der Waals surface area contributed by atoms with Crippen LogP contribution in [0.1, 0.15) is 33.6 Å². The Balaban J connectivity index is 0.00000136. The quantitative estimate of drug-likeness (QED) is 0.401. The van der Waals surface area contributed by atoms with Crippen LogP contribution in [0.15, 0.2) is 54.6 Å². The van der Waals surface area contributed by atoms with Crippen LogP contribution in [0.5, 0.6) is 0 Å². The van der Waals surface area contributed by atoms with E-state index in [4.69, 9.17) is 15.6 Å². The molecule has 0 radical (unpaired) electrons. The second kappa shape index (κ2) is 11.1. The Morgan fingerprint density at radius 2 is 0.964 bits per heavy atom. The van der Waals surface area contributed by atoms with E-state index in [1.165, 1.54) is 22.3 Å². The summed E-state index contributed by atoms with van der Waals surface area (Å²) in [6.45, 7) is 9.56. The summed E-state index contributed by atoms with van der Waals surface area (Å²) in [6.07, 6.45) is 0. The van der Waals surface area contributed by atoms with E-state index >= 15 is 0 Å². The Bertz CT molecular complexity index is 801. The number of pyridine rings is 1. The summed E-state index contributed by atoms with van der Waals surface area (Å²) in [5.41, 5.74) is 8.89. The molecule has 5 heteroatoms. The van der Waals surface area contributed by atoms with Gasteiger partial charge in [-0.15, -0.1) is 11.4 Å². The first-order valence-electron chi connectivity index (χ1n) is 9.12. The Labute approximate surface area is 181 Å². The van der Waals surface area contributed by atoms with Crippen molar-refractivity contribution in [2.75, 3.05) is 0 Å². The molecule has 0 bridgehead atoms. The third-order valence-electron chi connectivity index (χ3n) is 4.54. The van der Waals surface area contributed by atoms with Crippen molar-refractivity contribution in [3.8, 4) is 0 Å². The predicted octanol–water partition coefficient (Wildman–Crippen LogP) is 7.41. The molecule has 1 aromatic heterocycles. The van der Waals surface area contributed by atoms with Gasteiger partial charge >= 0.3 is 25.4 Å². The SMILES string of the molecule is Cc1cccc(C)c1[N-]Cc1cccc(C[N-]c2c(C)cccc2C)n1.[Cl][Cr+2]. The molecular formula is C23H25ClCrN3. The number of hydrogen-bond acceptors (Lipinski definition) is 1. The predicted molar refractivity (Wildman–Crippen MR) is 115 cm³/mol. The van der Waals surface area contributed by atoms with Gasteiger partial charge in [-0.05, 0) is 39.8 Å². The standard InChI is InChI=1S/C23H25N3.ClH.Cr/c1-16-8-5-9-17(2)22(16)24-14-20-12-7-13-21(26-20)15-25-23-18(3)10-6-11-19(23)4;;/h5-13H,14-15H2,1-4H3;1H;/q-2;;+3/p-1. The molecule has 0 saturated carbocycles. The van der Waals surface area contributed by atoms with Gasteiger partial charge in [0.25, 0.3) is 0 Å². The number of benzene rings is 2. The van der Waals surface area contributed by atoms with Crippen LogP contribution in [0.25, 0.3) is 10.6 Å². The molecule has 0 aliphatic rings. The van der Waals surface area contributed by atoms with Crippen molar-refractivity contribution in [1.82, 2.24) is 4.98 Å². The van der Waals surface area contributed by atoms with Crippen LogP contribution in [0.2, 0.25) is 0 Å².